The van der Waals surface area contributed by atoms with Gasteiger partial charge < -0.3 is 34.9 Å². The highest BCUT2D eigenvalue weighted by atomic mass is 19.1. The third-order valence-electron chi connectivity index (χ3n) is 20.8. The van der Waals surface area contributed by atoms with E-state index in [0.29, 0.717) is 13.2 Å². The van der Waals surface area contributed by atoms with Crippen LogP contribution < -0.4 is 35.6 Å². The minimum Gasteiger partial charge on any atom is -0.452 e. The van der Waals surface area contributed by atoms with Gasteiger partial charge in [0.1, 0.15) is 23.3 Å². The van der Waals surface area contributed by atoms with Gasteiger partial charge in [-0.15, -0.1) is 0 Å². The van der Waals surface area contributed by atoms with E-state index in [1.807, 2.05) is 162 Å². The van der Waals surface area contributed by atoms with E-state index < -0.39 is 6.09 Å². The van der Waals surface area contributed by atoms with Crippen LogP contribution in [0.3, 0.4) is 0 Å². The van der Waals surface area contributed by atoms with Gasteiger partial charge in [-0.1, -0.05) is 150 Å². The molecule has 0 bridgehead atoms. The molecule has 0 spiro atoms. The lowest BCUT2D eigenvalue weighted by molar-refractivity contribution is 0.122. The van der Waals surface area contributed by atoms with Crippen LogP contribution in [0.5, 0.6) is 0 Å². The van der Waals surface area contributed by atoms with Crippen molar-refractivity contribution in [3.8, 4) is 0 Å². The number of amides is 4. The second-order valence-electron chi connectivity index (χ2n) is 29.6. The smallest absolute Gasteiger partial charge is 0.414 e. The Balaban J connectivity index is 0.000000165. The van der Waals surface area contributed by atoms with Crippen molar-refractivity contribution in [2.24, 2.45) is 0 Å². The Morgan fingerprint density at radius 2 is 0.675 bits per heavy atom. The van der Waals surface area contributed by atoms with Crippen LogP contribution >= 0.6 is 0 Å². The monoisotopic (exact) mass is 1590 g/mol. The summed E-state index contributed by atoms with van der Waals surface area (Å²) in [5.74, 6) is -0.954. The van der Waals surface area contributed by atoms with Gasteiger partial charge in [-0.25, -0.2) is 36.7 Å². The maximum Gasteiger partial charge on any atom is 0.414 e. The third kappa shape index (κ3) is 25.1. The van der Waals surface area contributed by atoms with Crippen LogP contribution in [0.2, 0.25) is 0 Å². The zero-order valence-corrected chi connectivity index (χ0v) is 69.0. The fourth-order valence-corrected chi connectivity index (χ4v) is 14.9. The standard InChI is InChI=1S/C29H31FN2O2.C24H29FN2O2.C23H27FN2O2.C21H23FN2O2/c1-3-34-29(33)31(2)27-14-12-23(13-15-27)28(25-10-7-11-26(30)20-25)24-16-18-32(19-17-24)21-22-8-5-4-6-9-22;1-4-27(24(28)29-17(2)3)22-10-8-18(9-11-22)23(19-12-14-26-15-13-19)20-6-5-7-21(25)16-20;1-16(2)28-23(27)26(3)21-9-7-17(8-10-21)22(18-11-13-25-14-12-18)19-5-4-6-20(24)15-19;1-24(21(25)26-2)19-8-6-15(7-9-19)20(16-10-12-23-13-11-16)17-4-3-5-18(22)14-17/h4-15,20H,3,16-19,21H2,1-2H3;5-11,16-17,26H,4,12-15H2,1-3H3;4-10,15-16,25H,11-14H2,1-3H3;3-9,14,23H,10-13H2,1-2H3. The molecule has 3 N–H and O–H groups in total. The number of likely N-dealkylation sites (tertiary alicyclic amines) is 1. The van der Waals surface area contributed by atoms with Gasteiger partial charge in [-0.2, -0.15) is 0 Å². The summed E-state index contributed by atoms with van der Waals surface area (Å²) in [6.45, 7) is 20.3. The van der Waals surface area contributed by atoms with Crippen molar-refractivity contribution in [2.75, 3.05) is 113 Å². The summed E-state index contributed by atoms with van der Waals surface area (Å²) in [7, 11) is 6.41. The molecule has 16 nitrogen and oxygen atoms in total. The van der Waals surface area contributed by atoms with Gasteiger partial charge >= 0.3 is 24.4 Å². The van der Waals surface area contributed by atoms with Crippen molar-refractivity contribution in [3.05, 3.63) is 320 Å². The van der Waals surface area contributed by atoms with Crippen molar-refractivity contribution in [3.63, 3.8) is 0 Å². The van der Waals surface area contributed by atoms with Crippen LogP contribution in [0.4, 0.5) is 59.5 Å². The molecule has 0 radical (unpaired) electrons. The van der Waals surface area contributed by atoms with Gasteiger partial charge in [0.2, 0.25) is 0 Å². The van der Waals surface area contributed by atoms with Gasteiger partial charge in [-0.05, 0) is 302 Å². The Morgan fingerprint density at radius 1 is 0.368 bits per heavy atom. The Kier molecular flexibility index (Phi) is 33.1. The van der Waals surface area contributed by atoms with E-state index in [0.717, 1.165) is 200 Å². The van der Waals surface area contributed by atoms with Crippen LogP contribution in [0, 0.1) is 23.3 Å². The molecule has 9 aromatic rings. The van der Waals surface area contributed by atoms with E-state index in [2.05, 4.69) is 45.1 Å². The summed E-state index contributed by atoms with van der Waals surface area (Å²) < 4.78 is 76.2. The molecule has 614 valence electrons. The summed E-state index contributed by atoms with van der Waals surface area (Å²) >= 11 is 0. The number of rotatable bonds is 18. The van der Waals surface area contributed by atoms with Crippen molar-refractivity contribution < 1.29 is 55.7 Å². The molecule has 0 unspecified atom stereocenters. The highest BCUT2D eigenvalue weighted by molar-refractivity contribution is 5.92. The van der Waals surface area contributed by atoms with Crippen LogP contribution in [0.25, 0.3) is 22.3 Å². The SMILES string of the molecule is CC(C)OC(=O)N(C)c1ccc(C(=C2CCNCC2)c2cccc(F)c2)cc1.CCN(C(=O)OC(C)C)c1ccc(C(=C2CCNCC2)c2cccc(F)c2)cc1.CCOC(=O)N(C)c1ccc(C(=C2CCN(Cc3ccccc3)CC2)c2cccc(F)c2)cc1.COC(=O)N(C)c1ccc(C(=C2CCNCC2)c2cccc(F)c2)cc1. The topological polar surface area (TPSA) is 157 Å². The first kappa shape index (κ1) is 88.0. The predicted octanol–water partition coefficient (Wildman–Crippen LogP) is 21.1. The van der Waals surface area contributed by atoms with Crippen LogP contribution in [0.1, 0.15) is 143 Å². The maximum atomic E-state index is 14.2. The van der Waals surface area contributed by atoms with E-state index in [1.54, 1.807) is 81.5 Å². The molecule has 4 fully saturated rings. The second kappa shape index (κ2) is 44.1. The molecule has 4 saturated heterocycles. The van der Waals surface area contributed by atoms with Gasteiger partial charge in [0, 0.05) is 70.1 Å². The molecular weight excluding hydrogens is 1480 g/mol. The molecule has 0 atom stereocenters. The molecule has 4 aliphatic heterocycles. The number of methoxy groups -OCH3 is 1. The number of hydrogen-bond acceptors (Lipinski definition) is 12. The number of carbonyl (C=O) groups excluding carboxylic acids is 4. The minimum absolute atomic E-state index is 0.167. The molecule has 4 aliphatic rings. The Hall–Kier alpha value is -11.4. The van der Waals surface area contributed by atoms with Crippen molar-refractivity contribution in [1.82, 2.24) is 20.9 Å². The van der Waals surface area contributed by atoms with Gasteiger partial charge in [-0.3, -0.25) is 24.5 Å². The van der Waals surface area contributed by atoms with Crippen molar-refractivity contribution >= 4 is 69.4 Å². The fourth-order valence-electron chi connectivity index (χ4n) is 14.9. The number of ether oxygens (including phenoxy) is 4. The second-order valence-corrected chi connectivity index (χ2v) is 29.6. The number of hydrogen-bond donors (Lipinski definition) is 3. The first-order chi connectivity index (χ1) is 56.6. The van der Waals surface area contributed by atoms with E-state index in [9.17, 15) is 36.7 Å². The molecule has 0 aliphatic carbocycles. The van der Waals surface area contributed by atoms with Crippen LogP contribution in [-0.4, -0.2) is 135 Å². The lowest BCUT2D eigenvalue weighted by Crippen LogP contribution is -2.32. The van der Waals surface area contributed by atoms with E-state index >= 15 is 0 Å². The molecule has 4 amide bonds. The number of halogens is 4. The number of benzene rings is 9. The predicted molar refractivity (Wildman–Crippen MR) is 464 cm³/mol. The average Bonchev–Trinajstić information content (AvgIpc) is 0.807. The Morgan fingerprint density at radius 3 is 0.983 bits per heavy atom. The maximum absolute atomic E-state index is 14.2. The Labute approximate surface area is 687 Å². The summed E-state index contributed by atoms with van der Waals surface area (Å²) in [5, 5.41) is 10.1. The highest BCUT2D eigenvalue weighted by Crippen LogP contribution is 2.39. The molecule has 9 aromatic carbocycles. The van der Waals surface area contributed by atoms with Gasteiger partial charge in [0.25, 0.3) is 0 Å². The summed E-state index contributed by atoms with van der Waals surface area (Å²) in [5.41, 5.74) is 21.7. The molecule has 0 aromatic heterocycles. The number of nitrogens with zero attached hydrogens (tertiary/aromatic N) is 5. The molecule has 13 rings (SSSR count). The van der Waals surface area contributed by atoms with Crippen molar-refractivity contribution in [2.45, 2.75) is 112 Å². The summed E-state index contributed by atoms with van der Waals surface area (Å²) in [6, 6.07) is 68.8. The van der Waals surface area contributed by atoms with E-state index in [4.69, 9.17) is 18.9 Å². The number of piperidine rings is 4. The summed E-state index contributed by atoms with van der Waals surface area (Å²) in [6.07, 6.45) is 5.63. The first-order valence-corrected chi connectivity index (χ1v) is 40.5. The lowest BCUT2D eigenvalue weighted by Gasteiger charge is -2.30. The highest BCUT2D eigenvalue weighted by Gasteiger charge is 2.25. The number of nitrogens with one attached hydrogen (secondary N) is 3. The number of anilines is 4. The van der Waals surface area contributed by atoms with Gasteiger partial charge in [0.15, 0.2) is 0 Å². The molecular formula is C97H110F4N8O8. The van der Waals surface area contributed by atoms with Gasteiger partial charge in [0.05, 0.1) is 25.9 Å². The largest absolute Gasteiger partial charge is 0.452 e. The van der Waals surface area contributed by atoms with Crippen LogP contribution in [-0.2, 0) is 25.5 Å². The third-order valence-corrected chi connectivity index (χ3v) is 20.8. The normalized spacial score (nSPS) is 14.1. The van der Waals surface area contributed by atoms with E-state index in [1.165, 1.54) is 73.9 Å². The quantitative estimate of drug-likeness (QED) is 0.0553. The zero-order valence-electron chi connectivity index (χ0n) is 69.0. The molecule has 0 saturated carbocycles. The van der Waals surface area contributed by atoms with Crippen molar-refractivity contribution in [1.29, 1.82) is 0 Å². The van der Waals surface area contributed by atoms with Crippen LogP contribution in [0.15, 0.2) is 247 Å². The Bertz CT molecular complexity index is 4880. The van der Waals surface area contributed by atoms with E-state index in [-0.39, 0.29) is 53.8 Å². The molecule has 117 heavy (non-hydrogen) atoms. The summed E-state index contributed by atoms with van der Waals surface area (Å²) in [4.78, 5) is 56.8. The lowest BCUT2D eigenvalue weighted by atomic mass is 9.88. The zero-order chi connectivity index (χ0) is 83.3. The fraction of sp³-hybridized carbons (Fsp3) is 0.320. The molecule has 20 heteroatoms. The number of carbonyl (C=O) groups is 4. The molecule has 4 heterocycles. The average molecular weight is 1590 g/mol. The minimum atomic E-state index is -0.417. The first-order valence-electron chi connectivity index (χ1n) is 40.5.